The van der Waals surface area contributed by atoms with Gasteiger partial charge in [0.1, 0.15) is 5.82 Å². The Hall–Kier alpha value is -1.82. The molecule has 2 saturated heterocycles. The van der Waals surface area contributed by atoms with E-state index < -0.39 is 0 Å². The van der Waals surface area contributed by atoms with Crippen molar-refractivity contribution in [2.45, 2.75) is 63.8 Å². The number of anilines is 1. The van der Waals surface area contributed by atoms with Crippen molar-refractivity contribution in [2.24, 2.45) is 5.41 Å². The molecule has 5 rings (SSSR count). The fourth-order valence-corrected chi connectivity index (χ4v) is 6.41. The van der Waals surface area contributed by atoms with E-state index >= 15 is 0 Å². The van der Waals surface area contributed by atoms with E-state index in [0.717, 1.165) is 39.3 Å². The molecule has 30 heavy (non-hydrogen) atoms. The SMILES string of the molecule is CCOC(=O)N1CC2(CC[C@@H](N3CCN(c4ncccc4C4CCCC4)CC3)C2)C1. The Morgan fingerprint density at radius 2 is 1.93 bits per heavy atom. The quantitative estimate of drug-likeness (QED) is 0.751. The number of pyridine rings is 1. The van der Waals surface area contributed by atoms with Crippen LogP contribution in [0.25, 0.3) is 0 Å². The minimum atomic E-state index is -0.131. The summed E-state index contributed by atoms with van der Waals surface area (Å²) in [6.07, 6.45) is 11.0. The average Bonchev–Trinajstić information content (AvgIpc) is 3.43. The van der Waals surface area contributed by atoms with Crippen molar-refractivity contribution in [2.75, 3.05) is 50.8 Å². The Labute approximate surface area is 180 Å². The van der Waals surface area contributed by atoms with E-state index in [2.05, 4.69) is 21.9 Å². The van der Waals surface area contributed by atoms with Crippen molar-refractivity contribution in [3.8, 4) is 0 Å². The number of aromatic nitrogens is 1. The lowest BCUT2D eigenvalue weighted by molar-refractivity contribution is -0.00294. The highest BCUT2D eigenvalue weighted by Gasteiger charge is 2.51. The van der Waals surface area contributed by atoms with Gasteiger partial charge in [-0.3, -0.25) is 4.90 Å². The van der Waals surface area contributed by atoms with Crippen LogP contribution in [0.15, 0.2) is 18.3 Å². The first-order valence-corrected chi connectivity index (χ1v) is 12.0. The first kappa shape index (κ1) is 20.1. The average molecular weight is 413 g/mol. The number of nitrogens with zero attached hydrogens (tertiary/aromatic N) is 4. The lowest BCUT2D eigenvalue weighted by atomic mass is 9.78. The van der Waals surface area contributed by atoms with Crippen LogP contribution in [0.3, 0.4) is 0 Å². The molecule has 0 aromatic carbocycles. The molecule has 6 nitrogen and oxygen atoms in total. The van der Waals surface area contributed by atoms with E-state index in [1.165, 1.54) is 56.3 Å². The summed E-state index contributed by atoms with van der Waals surface area (Å²) in [5.41, 5.74) is 1.84. The van der Waals surface area contributed by atoms with Crippen molar-refractivity contribution in [3.63, 3.8) is 0 Å². The lowest BCUT2D eigenvalue weighted by Crippen LogP contribution is -2.58. The van der Waals surface area contributed by atoms with Crippen LogP contribution in [0.4, 0.5) is 10.6 Å². The zero-order valence-electron chi connectivity index (χ0n) is 18.4. The number of hydrogen-bond acceptors (Lipinski definition) is 5. The number of rotatable bonds is 4. The van der Waals surface area contributed by atoms with Crippen molar-refractivity contribution >= 4 is 11.9 Å². The molecule has 1 spiro atoms. The number of carbonyl (C=O) groups excluding carboxylic acids is 1. The smallest absolute Gasteiger partial charge is 0.409 e. The number of likely N-dealkylation sites (tertiary alicyclic amines) is 1. The number of hydrogen-bond donors (Lipinski definition) is 0. The van der Waals surface area contributed by atoms with Crippen molar-refractivity contribution in [3.05, 3.63) is 23.9 Å². The number of piperazine rings is 1. The number of amides is 1. The van der Waals surface area contributed by atoms with Crippen LogP contribution in [0.2, 0.25) is 0 Å². The fourth-order valence-electron chi connectivity index (χ4n) is 6.41. The molecule has 1 amide bonds. The Kier molecular flexibility index (Phi) is 5.61. The predicted octanol–water partition coefficient (Wildman–Crippen LogP) is 3.87. The maximum Gasteiger partial charge on any atom is 0.409 e. The van der Waals surface area contributed by atoms with E-state index in [1.54, 1.807) is 0 Å². The molecule has 0 bridgehead atoms. The van der Waals surface area contributed by atoms with Crippen LogP contribution < -0.4 is 4.90 Å². The lowest BCUT2D eigenvalue weighted by Gasteiger charge is -2.48. The van der Waals surface area contributed by atoms with Gasteiger partial charge in [0.2, 0.25) is 0 Å². The Morgan fingerprint density at radius 1 is 1.17 bits per heavy atom. The van der Waals surface area contributed by atoms with Gasteiger partial charge in [-0.2, -0.15) is 0 Å². The van der Waals surface area contributed by atoms with Gasteiger partial charge in [-0.1, -0.05) is 18.9 Å². The topological polar surface area (TPSA) is 48.9 Å². The molecule has 0 N–H and O–H groups in total. The van der Waals surface area contributed by atoms with Gasteiger partial charge in [-0.15, -0.1) is 0 Å². The van der Waals surface area contributed by atoms with Crippen molar-refractivity contribution in [1.29, 1.82) is 0 Å². The van der Waals surface area contributed by atoms with Crippen molar-refractivity contribution < 1.29 is 9.53 Å². The highest BCUT2D eigenvalue weighted by molar-refractivity contribution is 5.69. The van der Waals surface area contributed by atoms with E-state index in [1.807, 2.05) is 18.0 Å². The van der Waals surface area contributed by atoms with Crippen LogP contribution in [-0.4, -0.2) is 72.8 Å². The van der Waals surface area contributed by atoms with Crippen LogP contribution >= 0.6 is 0 Å². The maximum atomic E-state index is 11.9. The van der Waals surface area contributed by atoms with Gasteiger partial charge in [0.15, 0.2) is 0 Å². The molecule has 1 aromatic heterocycles. The van der Waals surface area contributed by atoms with Crippen LogP contribution in [0.5, 0.6) is 0 Å². The predicted molar refractivity (Wildman–Crippen MR) is 118 cm³/mol. The van der Waals surface area contributed by atoms with Gasteiger partial charge in [-0.05, 0) is 56.6 Å². The van der Waals surface area contributed by atoms with Gasteiger partial charge in [0.25, 0.3) is 0 Å². The molecule has 0 radical (unpaired) electrons. The minimum absolute atomic E-state index is 0.131. The third kappa shape index (κ3) is 3.79. The second-order valence-electron chi connectivity index (χ2n) is 9.87. The Balaban J connectivity index is 1.15. The molecule has 4 aliphatic rings. The molecule has 1 aromatic rings. The molecule has 1 atom stereocenters. The van der Waals surface area contributed by atoms with Gasteiger partial charge in [0.05, 0.1) is 6.61 Å². The summed E-state index contributed by atoms with van der Waals surface area (Å²) in [7, 11) is 0. The largest absolute Gasteiger partial charge is 0.450 e. The summed E-state index contributed by atoms with van der Waals surface area (Å²) in [4.78, 5) is 23.9. The molecule has 6 heteroatoms. The van der Waals surface area contributed by atoms with Crippen LogP contribution in [0.1, 0.15) is 63.4 Å². The first-order chi connectivity index (χ1) is 14.7. The van der Waals surface area contributed by atoms with Gasteiger partial charge < -0.3 is 14.5 Å². The molecular weight excluding hydrogens is 376 g/mol. The standard InChI is InChI=1S/C24H36N4O2/c1-2-30-23(29)28-17-24(18-28)10-9-20(16-24)26-12-14-27(15-13-26)22-21(8-5-11-25-22)19-6-3-4-7-19/h5,8,11,19-20H,2-4,6-7,9-10,12-18H2,1H3/t20-/m1/s1. The minimum Gasteiger partial charge on any atom is -0.450 e. The molecule has 2 aliphatic heterocycles. The summed E-state index contributed by atoms with van der Waals surface area (Å²) >= 11 is 0. The van der Waals surface area contributed by atoms with E-state index in [4.69, 9.17) is 9.72 Å². The monoisotopic (exact) mass is 412 g/mol. The summed E-state index contributed by atoms with van der Waals surface area (Å²) < 4.78 is 5.16. The molecule has 4 fully saturated rings. The maximum absolute atomic E-state index is 11.9. The Bertz CT molecular complexity index is 749. The summed E-state index contributed by atoms with van der Waals surface area (Å²) in [5.74, 6) is 1.96. The second kappa shape index (κ2) is 8.37. The van der Waals surface area contributed by atoms with Gasteiger partial charge in [0, 0.05) is 56.9 Å². The zero-order chi connectivity index (χ0) is 20.6. The zero-order valence-corrected chi connectivity index (χ0v) is 18.4. The summed E-state index contributed by atoms with van der Waals surface area (Å²) in [5, 5.41) is 0. The molecule has 3 heterocycles. The molecule has 164 valence electrons. The first-order valence-electron chi connectivity index (χ1n) is 12.0. The van der Waals surface area contributed by atoms with Crippen LogP contribution in [-0.2, 0) is 4.74 Å². The summed E-state index contributed by atoms with van der Waals surface area (Å²) in [6.45, 7) is 8.53. The third-order valence-electron chi connectivity index (χ3n) is 8.00. The van der Waals surface area contributed by atoms with E-state index in [-0.39, 0.29) is 6.09 Å². The molecule has 0 unspecified atom stereocenters. The second-order valence-corrected chi connectivity index (χ2v) is 9.87. The number of carbonyl (C=O) groups is 1. The molecule has 2 aliphatic carbocycles. The van der Waals surface area contributed by atoms with Crippen molar-refractivity contribution in [1.82, 2.24) is 14.8 Å². The Morgan fingerprint density at radius 3 is 2.67 bits per heavy atom. The van der Waals surface area contributed by atoms with Gasteiger partial charge in [-0.25, -0.2) is 9.78 Å². The highest BCUT2D eigenvalue weighted by Crippen LogP contribution is 2.47. The highest BCUT2D eigenvalue weighted by atomic mass is 16.6. The normalized spacial score (nSPS) is 26.9. The fraction of sp³-hybridized carbons (Fsp3) is 0.750. The molecule has 2 saturated carbocycles. The van der Waals surface area contributed by atoms with E-state index in [0.29, 0.717) is 24.0 Å². The summed E-state index contributed by atoms with van der Waals surface area (Å²) in [6, 6.07) is 5.11. The van der Waals surface area contributed by atoms with Crippen LogP contribution in [0, 0.1) is 5.41 Å². The third-order valence-corrected chi connectivity index (χ3v) is 8.00. The van der Waals surface area contributed by atoms with E-state index in [9.17, 15) is 4.79 Å². The number of ether oxygens (including phenoxy) is 1. The molecular formula is C24H36N4O2. The van der Waals surface area contributed by atoms with Gasteiger partial charge >= 0.3 is 6.09 Å².